The summed E-state index contributed by atoms with van der Waals surface area (Å²) in [6, 6.07) is 14.1. The highest BCUT2D eigenvalue weighted by atomic mass is 16.2. The van der Waals surface area contributed by atoms with Gasteiger partial charge in [0.15, 0.2) is 0 Å². The van der Waals surface area contributed by atoms with E-state index in [0.717, 1.165) is 35.3 Å². The number of carbonyl (C=O) groups excluding carboxylic acids is 1. The minimum absolute atomic E-state index is 0.0454. The van der Waals surface area contributed by atoms with Crippen molar-refractivity contribution >= 4 is 16.9 Å². The van der Waals surface area contributed by atoms with Crippen molar-refractivity contribution in [2.45, 2.75) is 66.0 Å². The highest BCUT2D eigenvalue weighted by Crippen LogP contribution is 2.32. The Labute approximate surface area is 168 Å². The van der Waals surface area contributed by atoms with Gasteiger partial charge in [0.05, 0.1) is 11.0 Å². The fourth-order valence-electron chi connectivity index (χ4n) is 3.56. The van der Waals surface area contributed by atoms with Gasteiger partial charge < -0.3 is 9.88 Å². The van der Waals surface area contributed by atoms with E-state index in [-0.39, 0.29) is 17.5 Å². The van der Waals surface area contributed by atoms with Crippen molar-refractivity contribution in [2.75, 3.05) is 0 Å². The van der Waals surface area contributed by atoms with Crippen LogP contribution in [-0.2, 0) is 4.79 Å². The Morgan fingerprint density at radius 1 is 1.11 bits per heavy atom. The maximum absolute atomic E-state index is 13.3. The van der Waals surface area contributed by atoms with Gasteiger partial charge in [-0.2, -0.15) is 0 Å². The minimum Gasteiger partial charge on any atom is -0.350 e. The van der Waals surface area contributed by atoms with Gasteiger partial charge in [-0.05, 0) is 64.3 Å². The average molecular weight is 378 g/mol. The van der Waals surface area contributed by atoms with E-state index in [2.05, 4.69) is 54.9 Å². The molecule has 0 radical (unpaired) electrons. The van der Waals surface area contributed by atoms with Crippen LogP contribution in [0, 0.1) is 13.8 Å². The summed E-state index contributed by atoms with van der Waals surface area (Å²) in [5, 5.41) is 3.17. The molecule has 0 saturated carbocycles. The molecule has 0 saturated heterocycles. The number of imidazole rings is 1. The van der Waals surface area contributed by atoms with Crippen LogP contribution >= 0.6 is 0 Å². The van der Waals surface area contributed by atoms with Crippen LogP contribution < -0.4 is 5.32 Å². The molecule has 1 aromatic heterocycles. The zero-order valence-electron chi connectivity index (χ0n) is 17.8. The molecular weight excluding hydrogens is 346 g/mol. The standard InChI is InChI=1S/C24H31N3O/c1-7-11-20(23(28)26-24(4,5)6)27-21-15-17(3)16(2)14-19(21)25-22(27)18-12-9-8-10-13-18/h8-10,12-15,20H,7,11H2,1-6H3,(H,26,28). The van der Waals surface area contributed by atoms with E-state index in [1.54, 1.807) is 0 Å². The molecule has 0 aliphatic carbocycles. The van der Waals surface area contributed by atoms with Gasteiger partial charge >= 0.3 is 0 Å². The number of aryl methyl sites for hydroxylation is 2. The van der Waals surface area contributed by atoms with Crippen LogP contribution in [-0.4, -0.2) is 21.0 Å². The largest absolute Gasteiger partial charge is 0.350 e. The quantitative estimate of drug-likeness (QED) is 0.631. The maximum Gasteiger partial charge on any atom is 0.243 e. The first-order valence-electron chi connectivity index (χ1n) is 10.1. The lowest BCUT2D eigenvalue weighted by atomic mass is 10.0. The third kappa shape index (κ3) is 4.11. The van der Waals surface area contributed by atoms with Gasteiger partial charge in [-0.3, -0.25) is 4.79 Å². The van der Waals surface area contributed by atoms with Crippen molar-refractivity contribution in [3.8, 4) is 11.4 Å². The molecule has 0 spiro atoms. The lowest BCUT2D eigenvalue weighted by molar-refractivity contribution is -0.125. The zero-order chi connectivity index (χ0) is 20.5. The number of amides is 1. The van der Waals surface area contributed by atoms with Crippen LogP contribution in [0.25, 0.3) is 22.4 Å². The van der Waals surface area contributed by atoms with Gasteiger partial charge in [0.25, 0.3) is 0 Å². The molecule has 4 nitrogen and oxygen atoms in total. The molecule has 148 valence electrons. The Balaban J connectivity index is 2.25. The number of nitrogens with zero attached hydrogens (tertiary/aromatic N) is 2. The Hall–Kier alpha value is -2.62. The van der Waals surface area contributed by atoms with Crippen LogP contribution in [0.2, 0.25) is 0 Å². The van der Waals surface area contributed by atoms with E-state index in [4.69, 9.17) is 4.98 Å². The minimum atomic E-state index is -0.300. The van der Waals surface area contributed by atoms with Crippen molar-refractivity contribution in [2.24, 2.45) is 0 Å². The average Bonchev–Trinajstić information content (AvgIpc) is 2.97. The maximum atomic E-state index is 13.3. The summed E-state index contributed by atoms with van der Waals surface area (Å²) in [7, 11) is 0. The molecule has 1 atom stereocenters. The summed E-state index contributed by atoms with van der Waals surface area (Å²) < 4.78 is 2.14. The Morgan fingerprint density at radius 2 is 1.75 bits per heavy atom. The molecule has 0 fully saturated rings. The zero-order valence-corrected chi connectivity index (χ0v) is 17.8. The van der Waals surface area contributed by atoms with E-state index in [9.17, 15) is 4.79 Å². The van der Waals surface area contributed by atoms with Gasteiger partial charge in [0.2, 0.25) is 5.91 Å². The lowest BCUT2D eigenvalue weighted by Gasteiger charge is -2.27. The van der Waals surface area contributed by atoms with Gasteiger partial charge in [0, 0.05) is 11.1 Å². The summed E-state index contributed by atoms with van der Waals surface area (Å²) in [6.07, 6.45) is 1.68. The Bertz CT molecular complexity index is 980. The van der Waals surface area contributed by atoms with E-state index in [0.29, 0.717) is 0 Å². The normalized spacial score (nSPS) is 12.9. The van der Waals surface area contributed by atoms with E-state index in [1.165, 1.54) is 11.1 Å². The van der Waals surface area contributed by atoms with E-state index >= 15 is 0 Å². The third-order valence-corrected chi connectivity index (χ3v) is 5.01. The van der Waals surface area contributed by atoms with Gasteiger partial charge in [-0.1, -0.05) is 43.7 Å². The Kier molecular flexibility index (Phi) is 5.59. The van der Waals surface area contributed by atoms with Gasteiger partial charge in [-0.25, -0.2) is 4.98 Å². The first-order valence-corrected chi connectivity index (χ1v) is 10.1. The Morgan fingerprint density at radius 3 is 2.36 bits per heavy atom. The number of aromatic nitrogens is 2. The van der Waals surface area contributed by atoms with Crippen LogP contribution in [0.1, 0.15) is 57.7 Å². The molecule has 4 heteroatoms. The van der Waals surface area contributed by atoms with Gasteiger partial charge in [0.1, 0.15) is 11.9 Å². The van der Waals surface area contributed by atoms with Crippen molar-refractivity contribution in [3.63, 3.8) is 0 Å². The second-order valence-electron chi connectivity index (χ2n) is 8.64. The molecule has 1 N–H and O–H groups in total. The topological polar surface area (TPSA) is 46.9 Å². The van der Waals surface area contributed by atoms with Crippen molar-refractivity contribution in [1.82, 2.24) is 14.9 Å². The number of hydrogen-bond acceptors (Lipinski definition) is 2. The molecule has 28 heavy (non-hydrogen) atoms. The van der Waals surface area contributed by atoms with Crippen LogP contribution in [0.4, 0.5) is 0 Å². The van der Waals surface area contributed by atoms with Gasteiger partial charge in [-0.15, -0.1) is 0 Å². The summed E-state index contributed by atoms with van der Waals surface area (Å²) in [4.78, 5) is 18.2. The molecule has 3 rings (SSSR count). The second-order valence-corrected chi connectivity index (χ2v) is 8.64. The first-order chi connectivity index (χ1) is 13.2. The molecule has 0 bridgehead atoms. The molecule has 1 unspecified atom stereocenters. The molecule has 2 aromatic carbocycles. The van der Waals surface area contributed by atoms with Crippen LogP contribution in [0.15, 0.2) is 42.5 Å². The number of hydrogen-bond donors (Lipinski definition) is 1. The number of carbonyl (C=O) groups is 1. The van der Waals surface area contributed by atoms with E-state index < -0.39 is 0 Å². The van der Waals surface area contributed by atoms with Crippen LogP contribution in [0.3, 0.4) is 0 Å². The highest BCUT2D eigenvalue weighted by Gasteiger charge is 2.28. The highest BCUT2D eigenvalue weighted by molar-refractivity contribution is 5.88. The number of fused-ring (bicyclic) bond motifs is 1. The number of rotatable bonds is 5. The molecule has 0 aliphatic heterocycles. The third-order valence-electron chi connectivity index (χ3n) is 5.01. The predicted molar refractivity (Wildman–Crippen MR) is 116 cm³/mol. The molecular formula is C24H31N3O. The van der Waals surface area contributed by atoms with Crippen molar-refractivity contribution in [3.05, 3.63) is 53.6 Å². The van der Waals surface area contributed by atoms with E-state index in [1.807, 2.05) is 39.0 Å². The van der Waals surface area contributed by atoms with Crippen LogP contribution in [0.5, 0.6) is 0 Å². The summed E-state index contributed by atoms with van der Waals surface area (Å²) in [5.41, 5.74) is 5.12. The predicted octanol–water partition coefficient (Wildman–Crippen LogP) is 5.58. The van der Waals surface area contributed by atoms with Crippen molar-refractivity contribution < 1.29 is 4.79 Å². The lowest BCUT2D eigenvalue weighted by Crippen LogP contribution is -2.44. The molecule has 3 aromatic rings. The fraction of sp³-hybridized carbons (Fsp3) is 0.417. The second kappa shape index (κ2) is 7.78. The molecule has 1 heterocycles. The smallest absolute Gasteiger partial charge is 0.243 e. The summed E-state index contributed by atoms with van der Waals surface area (Å²) in [6.45, 7) is 12.4. The first kappa shape index (κ1) is 20.1. The summed E-state index contributed by atoms with van der Waals surface area (Å²) >= 11 is 0. The number of benzene rings is 2. The summed E-state index contributed by atoms with van der Waals surface area (Å²) in [5.74, 6) is 0.896. The molecule has 0 aliphatic rings. The number of nitrogens with one attached hydrogen (secondary N) is 1. The SMILES string of the molecule is CCCC(C(=O)NC(C)(C)C)n1c(-c2ccccc2)nc2cc(C)c(C)cc21. The van der Waals surface area contributed by atoms with Crippen molar-refractivity contribution in [1.29, 1.82) is 0 Å². The molecule has 1 amide bonds. The fourth-order valence-corrected chi connectivity index (χ4v) is 3.56. The monoisotopic (exact) mass is 377 g/mol.